The summed E-state index contributed by atoms with van der Waals surface area (Å²) in [6.07, 6.45) is 4.29. The maximum atomic E-state index is 12.9. The van der Waals surface area contributed by atoms with Gasteiger partial charge in [-0.3, -0.25) is 9.59 Å². The predicted octanol–water partition coefficient (Wildman–Crippen LogP) is 3.24. The van der Waals surface area contributed by atoms with Crippen LogP contribution in [0.1, 0.15) is 43.1 Å². The van der Waals surface area contributed by atoms with Gasteiger partial charge in [-0.15, -0.1) is 0 Å². The van der Waals surface area contributed by atoms with Gasteiger partial charge >= 0.3 is 5.97 Å². The second-order valence-corrected chi connectivity index (χ2v) is 7.96. The van der Waals surface area contributed by atoms with Gasteiger partial charge in [0, 0.05) is 11.4 Å². The lowest BCUT2D eigenvalue weighted by atomic mass is 9.86. The highest BCUT2D eigenvalue weighted by Gasteiger charge is 2.24. The molecule has 1 N–H and O–H groups in total. The van der Waals surface area contributed by atoms with E-state index >= 15 is 0 Å². The van der Waals surface area contributed by atoms with Crippen molar-refractivity contribution >= 4 is 22.6 Å². The number of ether oxygens (including phenoxy) is 1. The van der Waals surface area contributed by atoms with Crippen LogP contribution in [0.5, 0.6) is 0 Å². The highest BCUT2D eigenvalue weighted by molar-refractivity contribution is 6.02. The van der Waals surface area contributed by atoms with Crippen LogP contribution < -0.4 is 10.9 Å². The number of benzene rings is 2. The van der Waals surface area contributed by atoms with Crippen molar-refractivity contribution < 1.29 is 14.3 Å². The second kappa shape index (κ2) is 9.12. The zero-order chi connectivity index (χ0) is 21.8. The number of carbonyl (C=O) groups is 2. The molecule has 160 valence electrons. The molecule has 2 aromatic carbocycles. The van der Waals surface area contributed by atoms with Crippen LogP contribution in [0.3, 0.4) is 0 Å². The predicted molar refractivity (Wildman–Crippen MR) is 117 cm³/mol. The first-order chi connectivity index (χ1) is 15.0. The van der Waals surface area contributed by atoms with E-state index in [-0.39, 0.29) is 29.8 Å². The smallest absolute Gasteiger partial charge is 0.359 e. The first-order valence-corrected chi connectivity index (χ1v) is 10.6. The summed E-state index contributed by atoms with van der Waals surface area (Å²) >= 11 is 0. The summed E-state index contributed by atoms with van der Waals surface area (Å²) < 4.78 is 6.46. The summed E-state index contributed by atoms with van der Waals surface area (Å²) in [6.45, 7) is 1.74. The summed E-state index contributed by atoms with van der Waals surface area (Å²) in [6, 6.07) is 15.7. The van der Waals surface area contributed by atoms with Gasteiger partial charge in [-0.1, -0.05) is 56.2 Å². The van der Waals surface area contributed by atoms with Gasteiger partial charge in [0.05, 0.1) is 11.1 Å². The highest BCUT2D eigenvalue weighted by atomic mass is 16.5. The van der Waals surface area contributed by atoms with Crippen LogP contribution in [0.4, 0.5) is 0 Å². The molecule has 1 saturated carbocycles. The van der Waals surface area contributed by atoms with Gasteiger partial charge in [0.2, 0.25) is 0 Å². The Morgan fingerprint density at radius 1 is 1.03 bits per heavy atom. The highest BCUT2D eigenvalue weighted by Crippen LogP contribution is 2.23. The van der Waals surface area contributed by atoms with E-state index in [0.29, 0.717) is 22.4 Å². The van der Waals surface area contributed by atoms with Gasteiger partial charge < -0.3 is 10.1 Å². The fraction of sp³-hybridized carbons (Fsp3) is 0.333. The number of esters is 1. The van der Waals surface area contributed by atoms with E-state index in [9.17, 15) is 14.4 Å². The summed E-state index contributed by atoms with van der Waals surface area (Å²) in [5, 5.41) is 7.99. The molecule has 0 saturated heterocycles. The molecule has 1 aromatic heterocycles. The third-order valence-electron chi connectivity index (χ3n) is 5.79. The molecule has 0 spiro atoms. The van der Waals surface area contributed by atoms with Gasteiger partial charge in [0.15, 0.2) is 12.3 Å². The summed E-state index contributed by atoms with van der Waals surface area (Å²) in [5.74, 6) is -0.658. The fourth-order valence-electron chi connectivity index (χ4n) is 4.06. The maximum absolute atomic E-state index is 12.9. The molecule has 31 heavy (non-hydrogen) atoms. The molecule has 0 aliphatic heterocycles. The van der Waals surface area contributed by atoms with Crippen molar-refractivity contribution in [3.63, 3.8) is 0 Å². The maximum Gasteiger partial charge on any atom is 0.359 e. The lowest BCUT2D eigenvalue weighted by Gasteiger charge is -2.29. The third kappa shape index (κ3) is 4.50. The first kappa shape index (κ1) is 20.8. The standard InChI is InChI=1S/C24H25N3O4/c1-16-9-5-8-14-20(16)25-21(28)15-31-24(30)22-18-12-6-7-13-19(18)23(29)27(26-22)17-10-3-2-4-11-17/h2-4,6-7,10-13,16,20H,5,8-9,14-15H2,1H3,(H,25,28)/t16-,20+/m1/s1. The van der Waals surface area contributed by atoms with Crippen molar-refractivity contribution in [2.75, 3.05) is 6.61 Å². The van der Waals surface area contributed by atoms with E-state index in [1.165, 1.54) is 11.1 Å². The Hall–Kier alpha value is -3.48. The first-order valence-electron chi connectivity index (χ1n) is 10.6. The van der Waals surface area contributed by atoms with Crippen molar-refractivity contribution in [1.29, 1.82) is 0 Å². The number of hydrogen-bond acceptors (Lipinski definition) is 5. The molecule has 1 amide bonds. The van der Waals surface area contributed by atoms with Crippen molar-refractivity contribution in [3.8, 4) is 5.69 Å². The van der Waals surface area contributed by atoms with E-state index in [4.69, 9.17) is 4.74 Å². The molecule has 0 radical (unpaired) electrons. The monoisotopic (exact) mass is 419 g/mol. The van der Waals surface area contributed by atoms with Crippen molar-refractivity contribution in [1.82, 2.24) is 15.1 Å². The van der Waals surface area contributed by atoms with Gasteiger partial charge in [0.1, 0.15) is 0 Å². The normalized spacial score (nSPS) is 18.5. The number of nitrogens with one attached hydrogen (secondary N) is 1. The average molecular weight is 419 g/mol. The minimum Gasteiger partial charge on any atom is -0.451 e. The molecular formula is C24H25N3O4. The van der Waals surface area contributed by atoms with Crippen molar-refractivity contribution in [2.24, 2.45) is 5.92 Å². The van der Waals surface area contributed by atoms with Crippen LogP contribution in [0.25, 0.3) is 16.5 Å². The van der Waals surface area contributed by atoms with Crippen molar-refractivity contribution in [3.05, 3.63) is 70.6 Å². The topological polar surface area (TPSA) is 90.3 Å². The van der Waals surface area contributed by atoms with E-state index in [1.54, 1.807) is 48.5 Å². The molecule has 1 heterocycles. The molecule has 7 nitrogen and oxygen atoms in total. The Morgan fingerprint density at radius 2 is 1.71 bits per heavy atom. The molecule has 2 atom stereocenters. The Labute approximate surface area is 180 Å². The second-order valence-electron chi connectivity index (χ2n) is 7.96. The van der Waals surface area contributed by atoms with E-state index in [1.807, 2.05) is 6.07 Å². The Balaban J connectivity index is 1.57. The minimum atomic E-state index is -0.743. The number of fused-ring (bicyclic) bond motifs is 1. The molecule has 3 aromatic rings. The quantitative estimate of drug-likeness (QED) is 0.641. The largest absolute Gasteiger partial charge is 0.451 e. The zero-order valence-corrected chi connectivity index (χ0v) is 17.4. The number of hydrogen-bond donors (Lipinski definition) is 1. The molecule has 0 unspecified atom stereocenters. The van der Waals surface area contributed by atoms with Crippen LogP contribution in [-0.4, -0.2) is 34.3 Å². The molecule has 4 rings (SSSR count). The van der Waals surface area contributed by atoms with E-state index in [2.05, 4.69) is 17.3 Å². The number of rotatable bonds is 5. The summed E-state index contributed by atoms with van der Waals surface area (Å²) in [5.41, 5.74) is 0.205. The molecule has 1 aliphatic carbocycles. The van der Waals surface area contributed by atoms with Crippen LogP contribution in [0.15, 0.2) is 59.4 Å². The zero-order valence-electron chi connectivity index (χ0n) is 17.4. The van der Waals surface area contributed by atoms with Crippen LogP contribution in [-0.2, 0) is 9.53 Å². The number of para-hydroxylation sites is 1. The summed E-state index contributed by atoms with van der Waals surface area (Å²) in [7, 11) is 0. The summed E-state index contributed by atoms with van der Waals surface area (Å²) in [4.78, 5) is 38.1. The molecule has 1 fully saturated rings. The third-order valence-corrected chi connectivity index (χ3v) is 5.79. The van der Waals surface area contributed by atoms with Gasteiger partial charge in [-0.25, -0.2) is 4.79 Å². The average Bonchev–Trinajstić information content (AvgIpc) is 2.80. The number of amides is 1. The SMILES string of the molecule is C[C@@H]1CCCC[C@@H]1NC(=O)COC(=O)c1nn(-c2ccccc2)c(=O)c2ccccc12. The van der Waals surface area contributed by atoms with Crippen LogP contribution >= 0.6 is 0 Å². The van der Waals surface area contributed by atoms with Crippen molar-refractivity contribution in [2.45, 2.75) is 38.6 Å². The number of carbonyl (C=O) groups excluding carboxylic acids is 2. The Kier molecular flexibility index (Phi) is 6.11. The van der Waals surface area contributed by atoms with E-state index < -0.39 is 5.97 Å². The molecule has 0 bridgehead atoms. The lowest BCUT2D eigenvalue weighted by molar-refractivity contribution is -0.125. The minimum absolute atomic E-state index is 0.00196. The van der Waals surface area contributed by atoms with Gasteiger partial charge in [-0.2, -0.15) is 9.78 Å². The molecular weight excluding hydrogens is 394 g/mol. The number of nitrogens with zero attached hydrogens (tertiary/aromatic N) is 2. The Bertz CT molecular complexity index is 1160. The lowest BCUT2D eigenvalue weighted by Crippen LogP contribution is -2.43. The van der Waals surface area contributed by atoms with E-state index in [0.717, 1.165) is 19.3 Å². The van der Waals surface area contributed by atoms with Crippen LogP contribution in [0, 0.1) is 5.92 Å². The Morgan fingerprint density at radius 3 is 2.45 bits per heavy atom. The number of aromatic nitrogens is 2. The molecule has 1 aliphatic rings. The van der Waals surface area contributed by atoms with Crippen LogP contribution in [0.2, 0.25) is 0 Å². The fourth-order valence-corrected chi connectivity index (χ4v) is 4.06. The molecule has 7 heteroatoms. The van der Waals surface area contributed by atoms with Gasteiger partial charge in [0.25, 0.3) is 11.5 Å². The van der Waals surface area contributed by atoms with Gasteiger partial charge in [-0.05, 0) is 37.0 Å².